The number of hydrogen-bond acceptors (Lipinski definition) is 2. The number of carbonyl (C=O) groups excluding carboxylic acids is 1. The van der Waals surface area contributed by atoms with Crippen LogP contribution >= 0.6 is 0 Å². The fraction of sp³-hybridized carbons (Fsp3) is 0.542. The number of unbranched alkanes of at least 4 members (excludes halogenated alkanes) is 4. The summed E-state index contributed by atoms with van der Waals surface area (Å²) >= 11 is 0. The molecule has 2 aromatic carbocycles. The molecule has 3 nitrogen and oxygen atoms in total. The van der Waals surface area contributed by atoms with E-state index in [2.05, 4.69) is 12.3 Å². The van der Waals surface area contributed by atoms with Gasteiger partial charge in [0.15, 0.2) is 6.04 Å². The number of hydrogen-bond donors (Lipinski definition) is 1. The van der Waals surface area contributed by atoms with Gasteiger partial charge in [0.25, 0.3) is 0 Å². The quantitative estimate of drug-likeness (QED) is 0.496. The molecule has 0 aromatic heterocycles. The van der Waals surface area contributed by atoms with Crippen LogP contribution in [0.2, 0.25) is 0 Å². The number of nitrogens with zero attached hydrogens (tertiary/aromatic N) is 1. The van der Waals surface area contributed by atoms with Crippen LogP contribution in [-0.4, -0.2) is 22.6 Å². The number of benzene rings is 2. The Hall–Kier alpha value is -2.08. The molecule has 1 amide bonds. The van der Waals surface area contributed by atoms with Gasteiger partial charge in [-0.3, -0.25) is 10.2 Å². The lowest BCUT2D eigenvalue weighted by atomic mass is 9.88. The fourth-order valence-corrected chi connectivity index (χ4v) is 4.47. The first kappa shape index (κ1) is 22.6. The van der Waals surface area contributed by atoms with E-state index >= 15 is 0 Å². The second-order valence-electron chi connectivity index (χ2n) is 8.86. The molecule has 1 atom stereocenters. The van der Waals surface area contributed by atoms with Crippen LogP contribution in [0.4, 0.5) is 13.2 Å². The molecule has 6 heteroatoms. The molecule has 1 fully saturated rings. The van der Waals surface area contributed by atoms with Gasteiger partial charge in [-0.2, -0.15) is 18.2 Å². The summed E-state index contributed by atoms with van der Waals surface area (Å²) in [7, 11) is 0. The van der Waals surface area contributed by atoms with E-state index in [-0.39, 0.29) is 17.9 Å². The summed E-state index contributed by atoms with van der Waals surface area (Å²) in [6.45, 7) is 5.49. The van der Waals surface area contributed by atoms with Gasteiger partial charge in [0, 0.05) is 12.0 Å². The molecule has 1 aliphatic rings. The number of amides is 1. The molecular formula is C24H31F3N2O. The molecule has 1 saturated heterocycles. The first-order chi connectivity index (χ1) is 14.1. The van der Waals surface area contributed by atoms with E-state index in [4.69, 9.17) is 0 Å². The van der Waals surface area contributed by atoms with Crippen molar-refractivity contribution in [3.8, 4) is 0 Å². The highest BCUT2D eigenvalue weighted by atomic mass is 19.4. The Labute approximate surface area is 176 Å². The molecule has 2 aromatic rings. The largest absolute Gasteiger partial charge is 0.409 e. The second-order valence-corrected chi connectivity index (χ2v) is 8.86. The maximum absolute atomic E-state index is 14.4. The number of nitrogens with one attached hydrogen (secondary N) is 1. The third-order valence-corrected chi connectivity index (χ3v) is 5.96. The van der Waals surface area contributed by atoms with Crippen molar-refractivity contribution in [2.45, 2.75) is 83.5 Å². The van der Waals surface area contributed by atoms with Gasteiger partial charge in [0.05, 0.1) is 0 Å². The standard InChI is InChI=1S/C24H31F3N2O/c1-4-5-6-7-8-13-19-18-12-10-9-11-17(18)14-15-20(19)22(24(25,26)27)29-23(2,3)16-21(30)28-29/h9-12,14-15,22H,4-8,13,16H2,1-3H3,(H,28,30). The molecule has 1 N–H and O–H groups in total. The Morgan fingerprint density at radius 3 is 2.40 bits per heavy atom. The number of alkyl halides is 3. The molecule has 0 bridgehead atoms. The first-order valence-corrected chi connectivity index (χ1v) is 10.8. The highest BCUT2D eigenvalue weighted by Crippen LogP contribution is 2.45. The predicted octanol–water partition coefficient (Wildman–Crippen LogP) is 6.47. The topological polar surface area (TPSA) is 32.3 Å². The summed E-state index contributed by atoms with van der Waals surface area (Å²) in [6.07, 6.45) is 1.32. The van der Waals surface area contributed by atoms with Crippen molar-refractivity contribution in [3.05, 3.63) is 47.5 Å². The minimum atomic E-state index is -4.52. The summed E-state index contributed by atoms with van der Waals surface area (Å²) in [4.78, 5) is 12.0. The van der Waals surface area contributed by atoms with Gasteiger partial charge >= 0.3 is 6.18 Å². The van der Waals surface area contributed by atoms with E-state index < -0.39 is 17.8 Å². The van der Waals surface area contributed by atoms with E-state index in [1.165, 1.54) is 0 Å². The minimum Gasteiger partial charge on any atom is -0.287 e. The molecule has 0 radical (unpaired) electrons. The van der Waals surface area contributed by atoms with E-state index in [0.717, 1.165) is 53.4 Å². The molecule has 164 valence electrons. The van der Waals surface area contributed by atoms with Gasteiger partial charge in [-0.1, -0.05) is 69.0 Å². The number of carbonyl (C=O) groups is 1. The summed E-state index contributed by atoms with van der Waals surface area (Å²) < 4.78 is 43.2. The van der Waals surface area contributed by atoms with Crippen LogP contribution in [0.5, 0.6) is 0 Å². The average Bonchev–Trinajstić information content (AvgIpc) is 2.93. The second kappa shape index (κ2) is 8.96. The summed E-state index contributed by atoms with van der Waals surface area (Å²) in [6, 6.07) is 9.09. The van der Waals surface area contributed by atoms with Crippen LogP contribution in [0.1, 0.15) is 76.5 Å². The Morgan fingerprint density at radius 1 is 1.07 bits per heavy atom. The van der Waals surface area contributed by atoms with Gasteiger partial charge < -0.3 is 0 Å². The summed E-state index contributed by atoms with van der Waals surface area (Å²) in [5, 5.41) is 2.92. The normalized spacial score (nSPS) is 18.0. The van der Waals surface area contributed by atoms with Crippen molar-refractivity contribution in [1.29, 1.82) is 0 Å². The molecule has 0 saturated carbocycles. The van der Waals surface area contributed by atoms with Gasteiger partial charge in [-0.05, 0) is 48.6 Å². The Balaban J connectivity index is 2.06. The third kappa shape index (κ3) is 4.80. The van der Waals surface area contributed by atoms with Crippen LogP contribution in [-0.2, 0) is 11.2 Å². The van der Waals surface area contributed by atoms with Gasteiger partial charge in [-0.25, -0.2) is 0 Å². The molecular weight excluding hydrogens is 389 g/mol. The van der Waals surface area contributed by atoms with Gasteiger partial charge in [-0.15, -0.1) is 0 Å². The van der Waals surface area contributed by atoms with Gasteiger partial charge in [0.1, 0.15) is 0 Å². The predicted molar refractivity (Wildman–Crippen MR) is 114 cm³/mol. The minimum absolute atomic E-state index is 0.0412. The Kier molecular flexibility index (Phi) is 6.75. The fourth-order valence-electron chi connectivity index (χ4n) is 4.47. The number of fused-ring (bicyclic) bond motifs is 1. The number of rotatable bonds is 8. The molecule has 0 aliphatic carbocycles. The zero-order chi connectivity index (χ0) is 21.9. The Morgan fingerprint density at radius 2 is 1.77 bits per heavy atom. The number of halogens is 3. The zero-order valence-electron chi connectivity index (χ0n) is 18.0. The van der Waals surface area contributed by atoms with Crippen molar-refractivity contribution in [2.24, 2.45) is 0 Å². The monoisotopic (exact) mass is 420 g/mol. The van der Waals surface area contributed by atoms with Crippen molar-refractivity contribution < 1.29 is 18.0 Å². The highest BCUT2D eigenvalue weighted by Gasteiger charge is 2.53. The SMILES string of the molecule is CCCCCCCc1c(C(N2NC(=O)CC2(C)C)C(F)(F)F)ccc2ccccc12. The molecule has 30 heavy (non-hydrogen) atoms. The van der Waals surface area contributed by atoms with Crippen LogP contribution in [0.3, 0.4) is 0 Å². The van der Waals surface area contributed by atoms with Crippen molar-refractivity contribution in [2.75, 3.05) is 0 Å². The zero-order valence-corrected chi connectivity index (χ0v) is 18.0. The van der Waals surface area contributed by atoms with Crippen molar-refractivity contribution in [3.63, 3.8) is 0 Å². The lowest BCUT2D eigenvalue weighted by Crippen LogP contribution is -2.51. The van der Waals surface area contributed by atoms with E-state index in [1.54, 1.807) is 26.0 Å². The van der Waals surface area contributed by atoms with Crippen LogP contribution in [0.25, 0.3) is 10.8 Å². The molecule has 1 heterocycles. The first-order valence-electron chi connectivity index (χ1n) is 10.8. The average molecular weight is 421 g/mol. The maximum Gasteiger partial charge on any atom is 0.409 e. The van der Waals surface area contributed by atoms with Crippen LogP contribution in [0.15, 0.2) is 36.4 Å². The lowest BCUT2D eigenvalue weighted by molar-refractivity contribution is -0.204. The third-order valence-electron chi connectivity index (χ3n) is 5.96. The molecule has 1 unspecified atom stereocenters. The van der Waals surface area contributed by atoms with Crippen LogP contribution < -0.4 is 5.43 Å². The van der Waals surface area contributed by atoms with Crippen molar-refractivity contribution in [1.82, 2.24) is 10.4 Å². The highest BCUT2D eigenvalue weighted by molar-refractivity contribution is 5.87. The van der Waals surface area contributed by atoms with Crippen molar-refractivity contribution >= 4 is 16.7 Å². The maximum atomic E-state index is 14.4. The number of aryl methyl sites for hydroxylation is 1. The molecule has 1 aliphatic heterocycles. The molecule has 3 rings (SSSR count). The lowest BCUT2D eigenvalue weighted by Gasteiger charge is -2.39. The van der Waals surface area contributed by atoms with Gasteiger partial charge in [0.2, 0.25) is 5.91 Å². The summed E-state index contributed by atoms with van der Waals surface area (Å²) in [5.74, 6) is -0.379. The number of hydrazine groups is 1. The van der Waals surface area contributed by atoms with E-state index in [1.807, 2.05) is 24.3 Å². The van der Waals surface area contributed by atoms with Crippen LogP contribution in [0, 0.1) is 0 Å². The van der Waals surface area contributed by atoms with E-state index in [0.29, 0.717) is 6.42 Å². The van der Waals surface area contributed by atoms with E-state index in [9.17, 15) is 18.0 Å². The Bertz CT molecular complexity index is 892. The summed E-state index contributed by atoms with van der Waals surface area (Å²) in [5.41, 5.74) is 2.54. The molecule has 0 spiro atoms. The smallest absolute Gasteiger partial charge is 0.287 e.